The molecule has 4 heterocycles. The number of carbonyl (C=O) groups is 3. The number of imidazole rings is 1. The van der Waals surface area contributed by atoms with Crippen LogP contribution in [0.25, 0.3) is 11.2 Å². The molecule has 0 radical (unpaired) electrons. The molecule has 3 aromatic carbocycles. The zero-order valence-electron chi connectivity index (χ0n) is 24.9. The molecule has 0 spiro atoms. The van der Waals surface area contributed by atoms with Gasteiger partial charge in [-0.25, -0.2) is 24.6 Å². The molecular weight excluding hydrogens is 590 g/mol. The number of aromatic nitrogens is 4. The van der Waals surface area contributed by atoms with Crippen molar-refractivity contribution in [2.75, 3.05) is 11.5 Å². The maximum atomic E-state index is 13.9. The molecule has 4 atom stereocenters. The van der Waals surface area contributed by atoms with Gasteiger partial charge in [-0.05, 0) is 50.2 Å². The summed E-state index contributed by atoms with van der Waals surface area (Å²) >= 11 is 0. The molecule has 0 saturated carbocycles. The van der Waals surface area contributed by atoms with Crippen LogP contribution in [-0.2, 0) is 18.9 Å². The summed E-state index contributed by atoms with van der Waals surface area (Å²) in [5.74, 6) is -2.56. The minimum absolute atomic E-state index is 0.0123. The van der Waals surface area contributed by atoms with Crippen LogP contribution < -0.4 is 4.90 Å². The number of amides is 2. The van der Waals surface area contributed by atoms with Gasteiger partial charge >= 0.3 is 5.97 Å². The van der Waals surface area contributed by atoms with Crippen LogP contribution in [0.5, 0.6) is 0 Å². The number of fused-ring (bicyclic) bond motifs is 2. The number of hydrogen-bond donors (Lipinski definition) is 0. The fraction of sp³-hybridized carbons (Fsp3) is 0.235. The van der Waals surface area contributed by atoms with E-state index in [4.69, 9.17) is 18.9 Å². The number of imide groups is 1. The lowest BCUT2D eigenvalue weighted by molar-refractivity contribution is -0.199. The first-order valence-electron chi connectivity index (χ1n) is 14.7. The molecule has 46 heavy (non-hydrogen) atoms. The highest BCUT2D eigenvalue weighted by molar-refractivity contribution is 6.27. The molecule has 5 aromatic rings. The molecule has 2 aliphatic heterocycles. The van der Waals surface area contributed by atoms with Crippen molar-refractivity contribution in [1.82, 2.24) is 19.5 Å². The Hall–Kier alpha value is -5.30. The molecule has 7 rings (SSSR count). The summed E-state index contributed by atoms with van der Waals surface area (Å²) < 4.78 is 26.1. The summed E-state index contributed by atoms with van der Waals surface area (Å²) in [4.78, 5) is 54.8. The molecule has 2 aliphatic rings. The highest BCUT2D eigenvalue weighted by Crippen LogP contribution is 2.44. The number of nitrogens with zero attached hydrogens (tertiary/aromatic N) is 5. The van der Waals surface area contributed by atoms with Gasteiger partial charge in [-0.1, -0.05) is 54.6 Å². The van der Waals surface area contributed by atoms with Crippen LogP contribution in [0, 0.1) is 0 Å². The van der Waals surface area contributed by atoms with Crippen LogP contribution >= 0.6 is 0 Å². The normalized spacial score (nSPS) is 21.5. The number of ether oxygens (including phenoxy) is 4. The highest BCUT2D eigenvalue weighted by atomic mass is 16.8. The lowest BCUT2D eigenvalue weighted by Gasteiger charge is -2.24. The van der Waals surface area contributed by atoms with Crippen LogP contribution in [-0.4, -0.2) is 68.0 Å². The minimum Gasteiger partial charge on any atom is -0.459 e. The van der Waals surface area contributed by atoms with Gasteiger partial charge in [-0.15, -0.1) is 0 Å². The zero-order chi connectivity index (χ0) is 31.8. The second-order valence-corrected chi connectivity index (χ2v) is 11.3. The maximum absolute atomic E-state index is 13.9. The summed E-state index contributed by atoms with van der Waals surface area (Å²) in [5.41, 5.74) is 1.52. The summed E-state index contributed by atoms with van der Waals surface area (Å²) in [6.45, 7) is 3.51. The fourth-order valence-electron chi connectivity index (χ4n) is 5.73. The van der Waals surface area contributed by atoms with Crippen LogP contribution in [0.15, 0.2) is 104 Å². The maximum Gasteiger partial charge on any atom is 0.338 e. The van der Waals surface area contributed by atoms with Crippen LogP contribution in [0.4, 0.5) is 5.82 Å². The molecule has 232 valence electrons. The van der Waals surface area contributed by atoms with Crippen LogP contribution in [0.2, 0.25) is 0 Å². The minimum atomic E-state index is -0.934. The smallest absolute Gasteiger partial charge is 0.338 e. The van der Waals surface area contributed by atoms with Gasteiger partial charge in [0, 0.05) is 11.1 Å². The third-order valence-corrected chi connectivity index (χ3v) is 7.79. The second-order valence-electron chi connectivity index (χ2n) is 11.3. The predicted molar refractivity (Wildman–Crippen MR) is 164 cm³/mol. The predicted octanol–water partition coefficient (Wildman–Crippen LogP) is 4.59. The SMILES string of the molecule is CC1(C)O[C@@H]2[C@H](O1)[C@@H](COC(=O)c1ccccc1)O[C@H]2n1cnc2c(N(C(=O)c3ccccc3)C(=O)c3ccccc3)ncnc21. The van der Waals surface area contributed by atoms with Crippen molar-refractivity contribution in [3.8, 4) is 0 Å². The Kier molecular flexibility index (Phi) is 7.61. The zero-order valence-corrected chi connectivity index (χ0v) is 24.9. The summed E-state index contributed by atoms with van der Waals surface area (Å²) in [6.07, 6.45) is 0.121. The van der Waals surface area contributed by atoms with E-state index in [-0.39, 0.29) is 17.9 Å². The monoisotopic (exact) mass is 619 g/mol. The third kappa shape index (κ3) is 5.42. The largest absolute Gasteiger partial charge is 0.459 e. The molecule has 2 amide bonds. The van der Waals surface area contributed by atoms with Crippen molar-refractivity contribution in [3.05, 3.63) is 120 Å². The van der Waals surface area contributed by atoms with Crippen molar-refractivity contribution in [2.45, 2.75) is 44.2 Å². The lowest BCUT2D eigenvalue weighted by atomic mass is 10.1. The second kappa shape index (κ2) is 11.9. The third-order valence-electron chi connectivity index (χ3n) is 7.79. The van der Waals surface area contributed by atoms with E-state index in [0.29, 0.717) is 22.3 Å². The standard InChI is InChI=1S/C34H29N5O7/c1-34(2)45-26-24(18-43-33(42)23-16-10-5-11-17-23)44-32(27(26)46-34)38-20-37-25-28(38)35-19-36-29(25)39(30(40)21-12-6-3-7-13-21)31(41)22-14-8-4-9-15-22/h3-17,19-20,24,26-27,32H,18H2,1-2H3/t24-,26-,27-,32-/m1/s1. The summed E-state index contributed by atoms with van der Waals surface area (Å²) in [7, 11) is 0. The van der Waals surface area contributed by atoms with Crippen molar-refractivity contribution < 1.29 is 33.3 Å². The van der Waals surface area contributed by atoms with E-state index >= 15 is 0 Å². The van der Waals surface area contributed by atoms with E-state index in [1.165, 1.54) is 12.7 Å². The average Bonchev–Trinajstić information content (AvgIpc) is 3.75. The average molecular weight is 620 g/mol. The first-order valence-corrected chi connectivity index (χ1v) is 14.7. The quantitative estimate of drug-likeness (QED) is 0.188. The Balaban J connectivity index is 1.23. The Morgan fingerprint density at radius 3 is 1.96 bits per heavy atom. The Bertz CT molecular complexity index is 1850. The topological polar surface area (TPSA) is 135 Å². The van der Waals surface area contributed by atoms with Crippen molar-refractivity contribution in [2.24, 2.45) is 0 Å². The number of hydrogen-bond acceptors (Lipinski definition) is 10. The molecule has 0 aliphatic carbocycles. The van der Waals surface area contributed by atoms with Crippen molar-refractivity contribution in [3.63, 3.8) is 0 Å². The Morgan fingerprint density at radius 2 is 1.35 bits per heavy atom. The molecule has 2 fully saturated rings. The van der Waals surface area contributed by atoms with E-state index in [9.17, 15) is 14.4 Å². The van der Waals surface area contributed by atoms with E-state index in [1.807, 2.05) is 6.07 Å². The van der Waals surface area contributed by atoms with Gasteiger partial charge in [0.15, 0.2) is 29.0 Å². The fourth-order valence-corrected chi connectivity index (χ4v) is 5.73. The van der Waals surface area contributed by atoms with Gasteiger partial charge in [0.1, 0.15) is 31.2 Å². The van der Waals surface area contributed by atoms with Gasteiger partial charge in [0.25, 0.3) is 11.8 Å². The van der Waals surface area contributed by atoms with Crippen molar-refractivity contribution in [1.29, 1.82) is 0 Å². The van der Waals surface area contributed by atoms with E-state index < -0.39 is 48.1 Å². The van der Waals surface area contributed by atoms with Gasteiger partial charge in [-0.3, -0.25) is 14.2 Å². The molecule has 0 N–H and O–H groups in total. The Labute approximate surface area is 263 Å². The molecule has 2 aromatic heterocycles. The number of carbonyl (C=O) groups excluding carboxylic acids is 3. The first kappa shape index (κ1) is 29.4. The Morgan fingerprint density at radius 1 is 0.783 bits per heavy atom. The molecular formula is C34H29N5O7. The van der Waals surface area contributed by atoms with E-state index in [0.717, 1.165) is 4.90 Å². The summed E-state index contributed by atoms with van der Waals surface area (Å²) in [6, 6.07) is 25.6. The van der Waals surface area contributed by atoms with Crippen molar-refractivity contribution >= 4 is 34.8 Å². The molecule has 2 saturated heterocycles. The number of benzene rings is 3. The number of esters is 1. The first-order chi connectivity index (χ1) is 22.3. The van der Waals surface area contributed by atoms with Gasteiger partial charge in [0.05, 0.1) is 11.9 Å². The molecule has 12 heteroatoms. The van der Waals surface area contributed by atoms with Gasteiger partial charge in [0.2, 0.25) is 0 Å². The highest BCUT2D eigenvalue weighted by Gasteiger charge is 2.56. The number of anilines is 1. The van der Waals surface area contributed by atoms with E-state index in [2.05, 4.69) is 15.0 Å². The lowest BCUT2D eigenvalue weighted by Crippen LogP contribution is -2.38. The molecule has 0 bridgehead atoms. The number of rotatable bonds is 7. The summed E-state index contributed by atoms with van der Waals surface area (Å²) in [5, 5.41) is 0. The molecule has 0 unspecified atom stereocenters. The van der Waals surface area contributed by atoms with Gasteiger partial charge < -0.3 is 18.9 Å². The van der Waals surface area contributed by atoms with Gasteiger partial charge in [-0.2, -0.15) is 0 Å². The van der Waals surface area contributed by atoms with Crippen LogP contribution in [0.1, 0.15) is 51.1 Å². The van der Waals surface area contributed by atoms with Crippen LogP contribution in [0.3, 0.4) is 0 Å². The molecule has 12 nitrogen and oxygen atoms in total. The van der Waals surface area contributed by atoms with E-state index in [1.54, 1.807) is 103 Å².